The molecule has 1 amide bonds. The fourth-order valence-electron chi connectivity index (χ4n) is 2.00. The van der Waals surface area contributed by atoms with Gasteiger partial charge in [0.25, 0.3) is 5.91 Å². The minimum Gasteiger partial charge on any atom is -0.397 e. The highest BCUT2D eigenvalue weighted by Crippen LogP contribution is 2.34. The Kier molecular flexibility index (Phi) is 4.01. The number of fused-ring (bicyclic) bond motifs is 1. The normalized spacial score (nSPS) is 10.8. The van der Waals surface area contributed by atoms with Crippen molar-refractivity contribution in [2.24, 2.45) is 0 Å². The summed E-state index contributed by atoms with van der Waals surface area (Å²) in [5, 5.41) is 3.80. The van der Waals surface area contributed by atoms with Gasteiger partial charge in [0, 0.05) is 19.0 Å². The van der Waals surface area contributed by atoms with Gasteiger partial charge in [0.05, 0.1) is 11.4 Å². The standard InChI is InChI=1S/C15H10Br2N2OS/c16-8-5-6-11(10(17)7-8)19-15(20)14-13(18)9-3-1-2-4-12(9)21-14/h1-7H,18H2,(H,19,20). The number of nitrogen functional groups attached to an aromatic ring is 1. The molecule has 2 aromatic carbocycles. The number of carbonyl (C=O) groups excluding carboxylic acids is 1. The van der Waals surface area contributed by atoms with Crippen LogP contribution in [0.2, 0.25) is 0 Å². The quantitative estimate of drug-likeness (QED) is 0.588. The van der Waals surface area contributed by atoms with Crippen molar-refractivity contribution in [3.63, 3.8) is 0 Å². The van der Waals surface area contributed by atoms with E-state index >= 15 is 0 Å². The molecule has 0 aliphatic rings. The summed E-state index contributed by atoms with van der Waals surface area (Å²) < 4.78 is 2.76. The summed E-state index contributed by atoms with van der Waals surface area (Å²) in [6.45, 7) is 0. The Morgan fingerprint density at radius 2 is 1.90 bits per heavy atom. The smallest absolute Gasteiger partial charge is 0.267 e. The largest absolute Gasteiger partial charge is 0.397 e. The molecule has 0 aliphatic carbocycles. The van der Waals surface area contributed by atoms with E-state index in [1.165, 1.54) is 11.3 Å². The highest BCUT2D eigenvalue weighted by molar-refractivity contribution is 9.11. The van der Waals surface area contributed by atoms with Crippen molar-refractivity contribution < 1.29 is 4.79 Å². The van der Waals surface area contributed by atoms with Gasteiger partial charge >= 0.3 is 0 Å². The number of rotatable bonds is 2. The van der Waals surface area contributed by atoms with Gasteiger partial charge in [-0.05, 0) is 40.2 Å². The number of benzene rings is 2. The highest BCUT2D eigenvalue weighted by Gasteiger charge is 2.17. The summed E-state index contributed by atoms with van der Waals surface area (Å²) in [4.78, 5) is 13.0. The molecule has 3 N–H and O–H groups in total. The Balaban J connectivity index is 1.95. The van der Waals surface area contributed by atoms with Gasteiger partial charge in [0.1, 0.15) is 4.88 Å². The lowest BCUT2D eigenvalue weighted by Crippen LogP contribution is -2.12. The van der Waals surface area contributed by atoms with E-state index in [-0.39, 0.29) is 5.91 Å². The van der Waals surface area contributed by atoms with E-state index in [4.69, 9.17) is 5.73 Å². The van der Waals surface area contributed by atoms with Crippen molar-refractivity contribution in [1.29, 1.82) is 0 Å². The summed E-state index contributed by atoms with van der Waals surface area (Å²) in [6.07, 6.45) is 0. The van der Waals surface area contributed by atoms with Crippen molar-refractivity contribution in [3.8, 4) is 0 Å². The first-order valence-corrected chi connectivity index (χ1v) is 8.50. The van der Waals surface area contributed by atoms with E-state index in [1.54, 1.807) is 0 Å². The van der Waals surface area contributed by atoms with Crippen LogP contribution in [0.4, 0.5) is 11.4 Å². The van der Waals surface area contributed by atoms with Crippen molar-refractivity contribution in [2.45, 2.75) is 0 Å². The Bertz CT molecular complexity index is 845. The third kappa shape index (κ3) is 2.84. The lowest BCUT2D eigenvalue weighted by molar-refractivity contribution is 0.103. The number of hydrogen-bond acceptors (Lipinski definition) is 3. The molecule has 0 atom stereocenters. The monoisotopic (exact) mass is 424 g/mol. The van der Waals surface area contributed by atoms with E-state index in [2.05, 4.69) is 37.2 Å². The maximum absolute atomic E-state index is 12.4. The first kappa shape index (κ1) is 14.6. The Morgan fingerprint density at radius 1 is 1.14 bits per heavy atom. The Labute approximate surface area is 142 Å². The van der Waals surface area contributed by atoms with Crippen LogP contribution in [0.5, 0.6) is 0 Å². The van der Waals surface area contributed by atoms with Gasteiger partial charge in [0.2, 0.25) is 0 Å². The van der Waals surface area contributed by atoms with Gasteiger partial charge in [0.15, 0.2) is 0 Å². The lowest BCUT2D eigenvalue weighted by atomic mass is 10.2. The van der Waals surface area contributed by atoms with E-state index < -0.39 is 0 Å². The zero-order valence-electron chi connectivity index (χ0n) is 10.7. The number of anilines is 2. The van der Waals surface area contributed by atoms with E-state index in [9.17, 15) is 4.79 Å². The molecule has 0 fully saturated rings. The molecule has 0 bridgehead atoms. The summed E-state index contributed by atoms with van der Waals surface area (Å²) in [7, 11) is 0. The Hall–Kier alpha value is -1.37. The maximum Gasteiger partial charge on any atom is 0.267 e. The predicted octanol–water partition coefficient (Wildman–Crippen LogP) is 5.26. The van der Waals surface area contributed by atoms with Gasteiger partial charge < -0.3 is 11.1 Å². The average molecular weight is 426 g/mol. The van der Waals surface area contributed by atoms with Crippen LogP contribution in [0, 0.1) is 0 Å². The lowest BCUT2D eigenvalue weighted by Gasteiger charge is -2.07. The molecule has 0 spiro atoms. The number of carbonyl (C=O) groups is 1. The molecule has 3 rings (SSSR count). The second-order valence-electron chi connectivity index (χ2n) is 4.42. The fourth-order valence-corrected chi connectivity index (χ4v) is 4.17. The summed E-state index contributed by atoms with van der Waals surface area (Å²) in [5.74, 6) is -0.197. The second kappa shape index (κ2) is 5.79. The van der Waals surface area contributed by atoms with Crippen LogP contribution in [0.3, 0.4) is 0 Å². The van der Waals surface area contributed by atoms with E-state index in [0.717, 1.165) is 19.0 Å². The van der Waals surface area contributed by atoms with Crippen LogP contribution in [-0.2, 0) is 0 Å². The molecule has 6 heteroatoms. The summed E-state index contributed by atoms with van der Waals surface area (Å²) >= 11 is 8.21. The molecule has 0 unspecified atom stereocenters. The number of thiophene rings is 1. The zero-order valence-corrected chi connectivity index (χ0v) is 14.7. The van der Waals surface area contributed by atoms with Crippen LogP contribution in [-0.4, -0.2) is 5.91 Å². The maximum atomic E-state index is 12.4. The zero-order chi connectivity index (χ0) is 15.0. The molecule has 106 valence electrons. The molecule has 1 aromatic heterocycles. The second-order valence-corrected chi connectivity index (χ2v) is 7.24. The molecule has 0 saturated heterocycles. The topological polar surface area (TPSA) is 55.1 Å². The van der Waals surface area contributed by atoms with Gasteiger partial charge in [-0.3, -0.25) is 4.79 Å². The number of nitrogens with one attached hydrogen (secondary N) is 1. The van der Waals surface area contributed by atoms with Gasteiger partial charge in [-0.2, -0.15) is 0 Å². The molecule has 0 aliphatic heterocycles. The summed E-state index contributed by atoms with van der Waals surface area (Å²) in [5.41, 5.74) is 7.32. The van der Waals surface area contributed by atoms with Crippen LogP contribution in [0.25, 0.3) is 10.1 Å². The molecule has 0 saturated carbocycles. The van der Waals surface area contributed by atoms with Crippen LogP contribution >= 0.6 is 43.2 Å². The molecular weight excluding hydrogens is 416 g/mol. The predicted molar refractivity (Wildman–Crippen MR) is 96.0 cm³/mol. The van der Waals surface area contributed by atoms with Gasteiger partial charge in [-0.25, -0.2) is 0 Å². The first-order chi connectivity index (χ1) is 10.1. The molecule has 0 radical (unpaired) electrons. The number of hydrogen-bond donors (Lipinski definition) is 2. The summed E-state index contributed by atoms with van der Waals surface area (Å²) in [6, 6.07) is 13.3. The fraction of sp³-hybridized carbons (Fsp3) is 0. The molecule has 3 nitrogen and oxygen atoms in total. The minimum absolute atomic E-state index is 0.197. The van der Waals surface area contributed by atoms with E-state index in [0.29, 0.717) is 16.3 Å². The minimum atomic E-state index is -0.197. The molecule has 3 aromatic rings. The first-order valence-electron chi connectivity index (χ1n) is 6.09. The number of amides is 1. The third-order valence-corrected chi connectivity index (χ3v) is 5.35. The van der Waals surface area contributed by atoms with Crippen molar-refractivity contribution in [2.75, 3.05) is 11.1 Å². The van der Waals surface area contributed by atoms with Gasteiger partial charge in [-0.1, -0.05) is 34.1 Å². The molecule has 1 heterocycles. The number of halogens is 2. The Morgan fingerprint density at radius 3 is 2.62 bits per heavy atom. The SMILES string of the molecule is Nc1c(C(=O)Nc2ccc(Br)cc2Br)sc2ccccc12. The third-order valence-electron chi connectivity index (χ3n) is 3.02. The van der Waals surface area contributed by atoms with Crippen molar-refractivity contribution in [3.05, 3.63) is 56.3 Å². The van der Waals surface area contributed by atoms with Gasteiger partial charge in [-0.15, -0.1) is 11.3 Å². The van der Waals surface area contributed by atoms with Crippen molar-refractivity contribution >= 4 is 70.6 Å². The molecule has 21 heavy (non-hydrogen) atoms. The van der Waals surface area contributed by atoms with Crippen LogP contribution in [0.1, 0.15) is 9.67 Å². The highest BCUT2D eigenvalue weighted by atomic mass is 79.9. The number of nitrogens with two attached hydrogens (primary N) is 1. The van der Waals surface area contributed by atoms with Crippen LogP contribution < -0.4 is 11.1 Å². The molecular formula is C15H10Br2N2OS. The average Bonchev–Trinajstić information content (AvgIpc) is 2.80. The van der Waals surface area contributed by atoms with Crippen LogP contribution in [0.15, 0.2) is 51.4 Å². The van der Waals surface area contributed by atoms with E-state index in [1.807, 2.05) is 42.5 Å². The van der Waals surface area contributed by atoms with Crippen molar-refractivity contribution in [1.82, 2.24) is 0 Å².